The average Bonchev–Trinajstić information content (AvgIpc) is 2.97. The van der Waals surface area contributed by atoms with Gasteiger partial charge in [-0.2, -0.15) is 0 Å². The normalized spacial score (nSPS) is 10.1. The van der Waals surface area contributed by atoms with E-state index in [-0.39, 0.29) is 11.8 Å². The monoisotopic (exact) mass is 344 g/mol. The lowest BCUT2D eigenvalue weighted by Crippen LogP contribution is -2.19. The second-order valence-electron chi connectivity index (χ2n) is 3.30. The van der Waals surface area contributed by atoms with Crippen molar-refractivity contribution in [1.29, 1.82) is 0 Å². The molecule has 0 spiro atoms. The first-order chi connectivity index (χ1) is 8.61. The Balaban J connectivity index is 2.17. The minimum atomic E-state index is -0.210. The second-order valence-corrected chi connectivity index (χ2v) is 6.68. The topological polar surface area (TPSA) is 58.2 Å². The average molecular weight is 345 g/mol. The number of rotatable bonds is 3. The fourth-order valence-electron chi connectivity index (χ4n) is 1.32. The summed E-state index contributed by atoms with van der Waals surface area (Å²) < 4.78 is 0.894. The molecular formula is C11H9BrN2O2S2. The number of carbonyl (C=O) groups excluding carboxylic acids is 2. The molecule has 2 amide bonds. The van der Waals surface area contributed by atoms with Gasteiger partial charge >= 0.3 is 0 Å². The van der Waals surface area contributed by atoms with Crippen molar-refractivity contribution < 1.29 is 9.59 Å². The van der Waals surface area contributed by atoms with Gasteiger partial charge in [0.1, 0.15) is 5.00 Å². The maximum absolute atomic E-state index is 11.9. The molecule has 2 aromatic rings. The Morgan fingerprint density at radius 2 is 2.00 bits per heavy atom. The van der Waals surface area contributed by atoms with Gasteiger partial charge in [0, 0.05) is 7.05 Å². The largest absolute Gasteiger partial charge is 0.355 e. The zero-order chi connectivity index (χ0) is 13.1. The van der Waals surface area contributed by atoms with E-state index >= 15 is 0 Å². The predicted molar refractivity (Wildman–Crippen MR) is 77.7 cm³/mol. The lowest BCUT2D eigenvalue weighted by Gasteiger charge is -2.03. The highest BCUT2D eigenvalue weighted by atomic mass is 79.9. The molecule has 0 aromatic carbocycles. The Labute approximate surface area is 120 Å². The van der Waals surface area contributed by atoms with Crippen molar-refractivity contribution >= 4 is 55.4 Å². The quantitative estimate of drug-likeness (QED) is 0.898. The minimum Gasteiger partial charge on any atom is -0.355 e. The van der Waals surface area contributed by atoms with E-state index in [1.807, 2.05) is 6.07 Å². The third kappa shape index (κ3) is 2.80. The lowest BCUT2D eigenvalue weighted by molar-refractivity contribution is 0.0964. The maximum Gasteiger partial charge on any atom is 0.266 e. The highest BCUT2D eigenvalue weighted by Crippen LogP contribution is 2.26. The van der Waals surface area contributed by atoms with Crippen LogP contribution >= 0.6 is 38.6 Å². The van der Waals surface area contributed by atoms with Crippen LogP contribution in [0.3, 0.4) is 0 Å². The van der Waals surface area contributed by atoms with Crippen LogP contribution in [0.2, 0.25) is 0 Å². The molecule has 0 aliphatic heterocycles. The summed E-state index contributed by atoms with van der Waals surface area (Å²) >= 11 is 5.97. The molecule has 2 aromatic heterocycles. The third-order valence-electron chi connectivity index (χ3n) is 2.16. The first-order valence-electron chi connectivity index (χ1n) is 4.98. The van der Waals surface area contributed by atoms with Crippen molar-refractivity contribution in [3.63, 3.8) is 0 Å². The van der Waals surface area contributed by atoms with E-state index in [9.17, 15) is 9.59 Å². The number of nitrogens with one attached hydrogen (secondary N) is 2. The smallest absolute Gasteiger partial charge is 0.266 e. The highest BCUT2D eigenvalue weighted by molar-refractivity contribution is 9.11. The van der Waals surface area contributed by atoms with Gasteiger partial charge in [0.2, 0.25) is 0 Å². The van der Waals surface area contributed by atoms with Crippen molar-refractivity contribution in [2.75, 3.05) is 12.4 Å². The number of halogens is 1. The van der Waals surface area contributed by atoms with Gasteiger partial charge in [-0.25, -0.2) is 0 Å². The molecule has 2 heterocycles. The molecule has 0 saturated carbocycles. The molecule has 0 unspecified atom stereocenters. The van der Waals surface area contributed by atoms with Gasteiger partial charge in [0.15, 0.2) is 0 Å². The summed E-state index contributed by atoms with van der Waals surface area (Å²) in [6.07, 6.45) is 0. The molecule has 0 aliphatic carbocycles. The number of hydrogen-bond donors (Lipinski definition) is 2. The summed E-state index contributed by atoms with van der Waals surface area (Å²) in [4.78, 5) is 24.1. The van der Waals surface area contributed by atoms with E-state index in [4.69, 9.17) is 0 Å². The Morgan fingerprint density at radius 3 is 2.61 bits per heavy atom. The summed E-state index contributed by atoms with van der Waals surface area (Å²) in [7, 11) is 1.56. The van der Waals surface area contributed by atoms with Gasteiger partial charge in [-0.1, -0.05) is 0 Å². The molecule has 0 saturated heterocycles. The molecule has 0 aliphatic rings. The van der Waals surface area contributed by atoms with Crippen LogP contribution in [-0.2, 0) is 0 Å². The molecule has 4 nitrogen and oxygen atoms in total. The van der Waals surface area contributed by atoms with Gasteiger partial charge < -0.3 is 10.6 Å². The fraction of sp³-hybridized carbons (Fsp3) is 0.0909. The Kier molecular flexibility index (Phi) is 4.15. The summed E-state index contributed by atoms with van der Waals surface area (Å²) in [5.74, 6) is -0.419. The number of carbonyl (C=O) groups is 2. The van der Waals surface area contributed by atoms with E-state index in [2.05, 4.69) is 26.6 Å². The molecule has 94 valence electrons. The SMILES string of the molecule is CNC(=O)c1ccsc1NC(=O)c1ccc(Br)s1. The lowest BCUT2D eigenvalue weighted by atomic mass is 10.3. The molecule has 0 atom stereocenters. The Bertz CT molecular complexity index is 591. The standard InChI is InChI=1S/C11H9BrN2O2S2/c1-13-9(15)6-4-5-17-11(6)14-10(16)7-2-3-8(12)18-7/h2-5H,1H3,(H,13,15)(H,14,16). The number of thiophene rings is 2. The number of hydrogen-bond acceptors (Lipinski definition) is 4. The highest BCUT2D eigenvalue weighted by Gasteiger charge is 2.15. The van der Waals surface area contributed by atoms with Crippen LogP contribution in [-0.4, -0.2) is 18.9 Å². The molecule has 0 bridgehead atoms. The van der Waals surface area contributed by atoms with Crippen LogP contribution in [0.4, 0.5) is 5.00 Å². The van der Waals surface area contributed by atoms with Gasteiger partial charge in [-0.3, -0.25) is 9.59 Å². The zero-order valence-electron chi connectivity index (χ0n) is 9.32. The summed E-state index contributed by atoms with van der Waals surface area (Å²) in [6.45, 7) is 0. The van der Waals surface area contributed by atoms with Crippen molar-refractivity contribution in [3.05, 3.63) is 37.8 Å². The first kappa shape index (κ1) is 13.3. The summed E-state index contributed by atoms with van der Waals surface area (Å²) in [6, 6.07) is 5.23. The molecule has 2 N–H and O–H groups in total. The van der Waals surface area contributed by atoms with Crippen LogP contribution in [0.15, 0.2) is 27.4 Å². The predicted octanol–water partition coefficient (Wildman–Crippen LogP) is 3.18. The fourth-order valence-corrected chi connectivity index (χ4v) is 3.38. The first-order valence-corrected chi connectivity index (χ1v) is 7.47. The van der Waals surface area contributed by atoms with E-state index in [0.29, 0.717) is 15.4 Å². The molecule has 0 radical (unpaired) electrons. The van der Waals surface area contributed by atoms with Crippen LogP contribution in [0.5, 0.6) is 0 Å². The zero-order valence-corrected chi connectivity index (χ0v) is 12.5. The van der Waals surface area contributed by atoms with E-state index < -0.39 is 0 Å². The summed E-state index contributed by atoms with van der Waals surface area (Å²) in [5.41, 5.74) is 0.478. The van der Waals surface area contributed by atoms with E-state index in [1.165, 1.54) is 22.7 Å². The van der Waals surface area contributed by atoms with Crippen LogP contribution in [0.25, 0.3) is 0 Å². The van der Waals surface area contributed by atoms with Gasteiger partial charge in [-0.15, -0.1) is 22.7 Å². The third-order valence-corrected chi connectivity index (χ3v) is 4.61. The van der Waals surface area contributed by atoms with Crippen molar-refractivity contribution in [1.82, 2.24) is 5.32 Å². The van der Waals surface area contributed by atoms with Crippen molar-refractivity contribution in [2.24, 2.45) is 0 Å². The second kappa shape index (κ2) is 5.64. The van der Waals surface area contributed by atoms with Crippen molar-refractivity contribution in [3.8, 4) is 0 Å². The number of amides is 2. The molecule has 0 fully saturated rings. The molecule has 18 heavy (non-hydrogen) atoms. The maximum atomic E-state index is 11.9. The van der Waals surface area contributed by atoms with Crippen LogP contribution in [0, 0.1) is 0 Å². The molecule has 2 rings (SSSR count). The van der Waals surface area contributed by atoms with E-state index in [1.54, 1.807) is 24.6 Å². The van der Waals surface area contributed by atoms with Crippen LogP contribution in [0.1, 0.15) is 20.0 Å². The van der Waals surface area contributed by atoms with Crippen molar-refractivity contribution in [2.45, 2.75) is 0 Å². The molecular weight excluding hydrogens is 336 g/mol. The number of anilines is 1. The van der Waals surface area contributed by atoms with Crippen LogP contribution < -0.4 is 10.6 Å². The van der Waals surface area contributed by atoms with Gasteiger partial charge in [0.25, 0.3) is 11.8 Å². The minimum absolute atomic E-state index is 0.209. The van der Waals surface area contributed by atoms with Gasteiger partial charge in [0.05, 0.1) is 14.2 Å². The molecule has 7 heteroatoms. The van der Waals surface area contributed by atoms with Gasteiger partial charge in [-0.05, 0) is 39.5 Å². The Morgan fingerprint density at radius 1 is 1.22 bits per heavy atom. The van der Waals surface area contributed by atoms with E-state index in [0.717, 1.165) is 3.79 Å². The Hall–Kier alpha value is -1.18. The summed E-state index contributed by atoms with van der Waals surface area (Å²) in [5, 5.41) is 7.61.